The quantitative estimate of drug-likeness (QED) is 0.785. The lowest BCUT2D eigenvalue weighted by atomic mass is 9.74. The molecule has 0 spiro atoms. The fourth-order valence-electron chi connectivity index (χ4n) is 2.60. The summed E-state index contributed by atoms with van der Waals surface area (Å²) in [5.74, 6) is 0.236. The van der Waals surface area contributed by atoms with Crippen LogP contribution in [0.2, 0.25) is 0 Å². The predicted octanol–water partition coefficient (Wildman–Crippen LogP) is 2.84. The van der Waals surface area contributed by atoms with E-state index in [1.165, 1.54) is 12.1 Å². The molecule has 18 heavy (non-hydrogen) atoms. The molecule has 0 aliphatic rings. The van der Waals surface area contributed by atoms with Gasteiger partial charge in [0.2, 0.25) is 0 Å². The highest BCUT2D eigenvalue weighted by molar-refractivity contribution is 5.27. The second-order valence-electron chi connectivity index (χ2n) is 5.25. The van der Waals surface area contributed by atoms with Gasteiger partial charge in [-0.3, -0.25) is 0 Å². The van der Waals surface area contributed by atoms with E-state index in [-0.39, 0.29) is 12.4 Å². The van der Waals surface area contributed by atoms with Crippen molar-refractivity contribution in [2.75, 3.05) is 13.2 Å². The Kier molecular flexibility index (Phi) is 5.76. The number of rotatable bonds is 7. The highest BCUT2D eigenvalue weighted by Crippen LogP contribution is 2.32. The molecule has 0 saturated heterocycles. The number of hydrogen-bond acceptors (Lipinski definition) is 2. The summed E-state index contributed by atoms with van der Waals surface area (Å²) >= 11 is 0. The molecule has 0 aliphatic carbocycles. The van der Waals surface area contributed by atoms with E-state index in [9.17, 15) is 9.50 Å². The lowest BCUT2D eigenvalue weighted by Gasteiger charge is -2.33. The number of hydrogen-bond donors (Lipinski definition) is 2. The number of aliphatic hydroxyl groups is 1. The normalized spacial score (nSPS) is 16.3. The zero-order valence-corrected chi connectivity index (χ0v) is 11.3. The monoisotopic (exact) mass is 253 g/mol. The number of nitrogens with two attached hydrogens (primary N) is 1. The van der Waals surface area contributed by atoms with Gasteiger partial charge in [0.25, 0.3) is 0 Å². The first kappa shape index (κ1) is 15.1. The largest absolute Gasteiger partial charge is 0.395 e. The maximum absolute atomic E-state index is 13.0. The molecule has 1 aromatic rings. The van der Waals surface area contributed by atoms with Crippen LogP contribution in [-0.2, 0) is 5.41 Å². The molecule has 0 aliphatic heterocycles. The Balaban J connectivity index is 2.95. The molecule has 0 fully saturated rings. The Bertz CT molecular complexity index is 346. The third-order valence-electron chi connectivity index (χ3n) is 3.67. The van der Waals surface area contributed by atoms with Crippen molar-refractivity contribution in [3.63, 3.8) is 0 Å². The summed E-state index contributed by atoms with van der Waals surface area (Å²) in [7, 11) is 0. The molecule has 1 rings (SSSR count). The van der Waals surface area contributed by atoms with Gasteiger partial charge in [-0.25, -0.2) is 4.39 Å². The van der Waals surface area contributed by atoms with Crippen LogP contribution in [0, 0.1) is 11.7 Å². The molecule has 0 aromatic heterocycles. The standard InChI is InChI=1S/C15H24FNO/c1-3-4-12(2)9-15(10-17,11-18)13-5-7-14(16)8-6-13/h5-8,12,18H,3-4,9-11,17H2,1-2H3. The highest BCUT2D eigenvalue weighted by atomic mass is 19.1. The Morgan fingerprint density at radius 2 is 1.94 bits per heavy atom. The Hall–Kier alpha value is -0.930. The fourth-order valence-corrected chi connectivity index (χ4v) is 2.60. The Morgan fingerprint density at radius 1 is 1.33 bits per heavy atom. The van der Waals surface area contributed by atoms with Crippen molar-refractivity contribution in [2.45, 2.75) is 38.5 Å². The van der Waals surface area contributed by atoms with Gasteiger partial charge in [0.05, 0.1) is 6.61 Å². The van der Waals surface area contributed by atoms with E-state index < -0.39 is 5.41 Å². The van der Waals surface area contributed by atoms with Gasteiger partial charge >= 0.3 is 0 Å². The molecule has 2 nitrogen and oxygen atoms in total. The summed E-state index contributed by atoms with van der Waals surface area (Å²) in [6.45, 7) is 4.71. The molecule has 0 amide bonds. The van der Waals surface area contributed by atoms with E-state index in [0.717, 1.165) is 24.8 Å². The van der Waals surface area contributed by atoms with E-state index in [1.54, 1.807) is 12.1 Å². The molecule has 0 saturated carbocycles. The molecule has 102 valence electrons. The van der Waals surface area contributed by atoms with E-state index >= 15 is 0 Å². The van der Waals surface area contributed by atoms with Crippen molar-refractivity contribution in [3.8, 4) is 0 Å². The number of aliphatic hydroxyl groups excluding tert-OH is 1. The molecule has 0 bridgehead atoms. The first-order chi connectivity index (χ1) is 8.57. The molecule has 0 heterocycles. The number of halogens is 1. The summed E-state index contributed by atoms with van der Waals surface area (Å²) < 4.78 is 13.0. The van der Waals surface area contributed by atoms with Gasteiger partial charge in [0, 0.05) is 12.0 Å². The van der Waals surface area contributed by atoms with Crippen molar-refractivity contribution in [3.05, 3.63) is 35.6 Å². The average Bonchev–Trinajstić information content (AvgIpc) is 2.37. The Labute approximate surface area is 109 Å². The lowest BCUT2D eigenvalue weighted by molar-refractivity contribution is 0.169. The number of benzene rings is 1. The van der Waals surface area contributed by atoms with Crippen molar-refractivity contribution >= 4 is 0 Å². The van der Waals surface area contributed by atoms with Crippen molar-refractivity contribution < 1.29 is 9.50 Å². The van der Waals surface area contributed by atoms with E-state index in [4.69, 9.17) is 5.73 Å². The highest BCUT2D eigenvalue weighted by Gasteiger charge is 2.31. The van der Waals surface area contributed by atoms with Crippen LogP contribution in [0.5, 0.6) is 0 Å². The molecular formula is C15H24FNO. The summed E-state index contributed by atoms with van der Waals surface area (Å²) in [4.78, 5) is 0. The second kappa shape index (κ2) is 6.86. The van der Waals surface area contributed by atoms with Gasteiger partial charge in [-0.1, -0.05) is 38.8 Å². The van der Waals surface area contributed by atoms with E-state index in [1.807, 2.05) is 0 Å². The molecule has 1 aromatic carbocycles. The molecule has 3 N–H and O–H groups in total. The molecule has 2 unspecified atom stereocenters. The minimum absolute atomic E-state index is 0.00316. The van der Waals surface area contributed by atoms with Crippen LogP contribution < -0.4 is 5.73 Å². The van der Waals surface area contributed by atoms with Crippen LogP contribution in [0.4, 0.5) is 4.39 Å². The van der Waals surface area contributed by atoms with Crippen LogP contribution in [0.15, 0.2) is 24.3 Å². The zero-order valence-electron chi connectivity index (χ0n) is 11.3. The van der Waals surface area contributed by atoms with Gasteiger partial charge in [-0.05, 0) is 30.0 Å². The van der Waals surface area contributed by atoms with Gasteiger partial charge in [0.1, 0.15) is 5.82 Å². The van der Waals surface area contributed by atoms with Gasteiger partial charge in [0.15, 0.2) is 0 Å². The SMILES string of the molecule is CCCC(C)CC(CN)(CO)c1ccc(F)cc1. The van der Waals surface area contributed by atoms with Crippen LogP contribution in [-0.4, -0.2) is 18.3 Å². The average molecular weight is 253 g/mol. The minimum atomic E-state index is -0.442. The maximum atomic E-state index is 13.0. The lowest BCUT2D eigenvalue weighted by Crippen LogP contribution is -2.40. The van der Waals surface area contributed by atoms with Crippen molar-refractivity contribution in [2.24, 2.45) is 11.7 Å². The van der Waals surface area contributed by atoms with Crippen LogP contribution >= 0.6 is 0 Å². The van der Waals surface area contributed by atoms with Crippen molar-refractivity contribution in [1.82, 2.24) is 0 Å². The molecular weight excluding hydrogens is 229 g/mol. The van der Waals surface area contributed by atoms with E-state index in [0.29, 0.717) is 12.5 Å². The summed E-state index contributed by atoms with van der Waals surface area (Å²) in [5.41, 5.74) is 6.36. The first-order valence-electron chi connectivity index (χ1n) is 6.65. The predicted molar refractivity (Wildman–Crippen MR) is 72.9 cm³/mol. The molecule has 2 atom stereocenters. The van der Waals surface area contributed by atoms with Gasteiger partial charge in [-0.2, -0.15) is 0 Å². The summed E-state index contributed by atoms with van der Waals surface area (Å²) in [5, 5.41) is 9.74. The maximum Gasteiger partial charge on any atom is 0.123 e. The smallest absolute Gasteiger partial charge is 0.123 e. The second-order valence-corrected chi connectivity index (χ2v) is 5.25. The van der Waals surface area contributed by atoms with Crippen molar-refractivity contribution in [1.29, 1.82) is 0 Å². The topological polar surface area (TPSA) is 46.2 Å². The molecule has 0 radical (unpaired) electrons. The van der Waals surface area contributed by atoms with Gasteiger partial charge < -0.3 is 10.8 Å². The zero-order chi connectivity index (χ0) is 13.6. The third-order valence-corrected chi connectivity index (χ3v) is 3.67. The minimum Gasteiger partial charge on any atom is -0.395 e. The van der Waals surface area contributed by atoms with Crippen LogP contribution in [0.3, 0.4) is 0 Å². The first-order valence-corrected chi connectivity index (χ1v) is 6.65. The van der Waals surface area contributed by atoms with Gasteiger partial charge in [-0.15, -0.1) is 0 Å². The van der Waals surface area contributed by atoms with E-state index in [2.05, 4.69) is 13.8 Å². The third kappa shape index (κ3) is 3.53. The molecule has 3 heteroatoms. The Morgan fingerprint density at radius 3 is 2.39 bits per heavy atom. The van der Waals surface area contributed by atoms with Crippen LogP contribution in [0.1, 0.15) is 38.7 Å². The van der Waals surface area contributed by atoms with Crippen LogP contribution in [0.25, 0.3) is 0 Å². The summed E-state index contributed by atoms with van der Waals surface area (Å²) in [6.07, 6.45) is 3.07. The fraction of sp³-hybridized carbons (Fsp3) is 0.600. The summed E-state index contributed by atoms with van der Waals surface area (Å²) in [6, 6.07) is 6.33.